The van der Waals surface area contributed by atoms with Gasteiger partial charge in [0.25, 0.3) is 0 Å². The second kappa shape index (κ2) is 5.20. The second-order valence-corrected chi connectivity index (χ2v) is 4.09. The average Bonchev–Trinajstić information content (AvgIpc) is 2.92. The minimum absolute atomic E-state index is 0.148. The molecule has 1 aromatic carbocycles. The Labute approximate surface area is 110 Å². The maximum atomic E-state index is 13.6. The Morgan fingerprint density at radius 3 is 2.00 bits per heavy atom. The molecule has 0 amide bonds. The second-order valence-electron chi connectivity index (χ2n) is 4.09. The van der Waals surface area contributed by atoms with Crippen LogP contribution in [0.15, 0.2) is 12.4 Å². The highest BCUT2D eigenvalue weighted by Gasteiger charge is 2.29. The van der Waals surface area contributed by atoms with Crippen molar-refractivity contribution in [3.05, 3.63) is 52.6 Å². The lowest BCUT2D eigenvalue weighted by atomic mass is 10.0. The van der Waals surface area contributed by atoms with Crippen LogP contribution in [0, 0.1) is 29.1 Å². The molecular weight excluding hydrogens is 281 g/mol. The zero-order valence-corrected chi connectivity index (χ0v) is 10.3. The summed E-state index contributed by atoms with van der Waals surface area (Å²) in [5.41, 5.74) is 4.66. The van der Waals surface area contributed by atoms with Gasteiger partial charge in [-0.1, -0.05) is 0 Å². The van der Waals surface area contributed by atoms with E-state index in [1.54, 1.807) is 6.92 Å². The summed E-state index contributed by atoms with van der Waals surface area (Å²) in [4.78, 5) is 0. The van der Waals surface area contributed by atoms with Gasteiger partial charge in [-0.2, -0.15) is 5.10 Å². The van der Waals surface area contributed by atoms with Gasteiger partial charge in [0.15, 0.2) is 23.3 Å². The number of nitrogens with two attached hydrogens (primary N) is 1. The quantitative estimate of drug-likeness (QED) is 0.537. The van der Waals surface area contributed by atoms with Crippen LogP contribution in [0.3, 0.4) is 0 Å². The van der Waals surface area contributed by atoms with Crippen LogP contribution in [0.4, 0.5) is 22.0 Å². The zero-order chi connectivity index (χ0) is 15.0. The van der Waals surface area contributed by atoms with Crippen molar-refractivity contribution in [3.8, 4) is 0 Å². The number of benzene rings is 1. The molecule has 108 valence electrons. The molecule has 0 aliphatic heterocycles. The van der Waals surface area contributed by atoms with Gasteiger partial charge in [0.1, 0.15) is 0 Å². The third-order valence-corrected chi connectivity index (χ3v) is 2.89. The predicted octanol–water partition coefficient (Wildman–Crippen LogP) is 2.65. The first kappa shape index (κ1) is 14.4. The van der Waals surface area contributed by atoms with Crippen molar-refractivity contribution in [1.29, 1.82) is 0 Å². The van der Waals surface area contributed by atoms with Gasteiger partial charge >= 0.3 is 0 Å². The molecule has 0 radical (unpaired) electrons. The van der Waals surface area contributed by atoms with E-state index in [0.717, 1.165) is 0 Å². The monoisotopic (exact) mass is 291 g/mol. The van der Waals surface area contributed by atoms with Gasteiger partial charge in [0.2, 0.25) is 5.82 Å². The third-order valence-electron chi connectivity index (χ3n) is 2.89. The van der Waals surface area contributed by atoms with Gasteiger partial charge in [-0.15, -0.1) is 0 Å². The molecule has 1 unspecified atom stereocenters. The lowest BCUT2D eigenvalue weighted by Crippen LogP contribution is -2.18. The van der Waals surface area contributed by atoms with Crippen LogP contribution in [0.5, 0.6) is 0 Å². The molecule has 3 nitrogen and oxygen atoms in total. The van der Waals surface area contributed by atoms with Crippen LogP contribution in [0.1, 0.15) is 24.1 Å². The summed E-state index contributed by atoms with van der Waals surface area (Å²) in [6, 6.07) is -1.50. The number of aryl methyl sites for hydroxylation is 1. The van der Waals surface area contributed by atoms with Crippen LogP contribution in [0.2, 0.25) is 0 Å². The number of rotatable bonds is 3. The Morgan fingerprint density at radius 2 is 1.55 bits per heavy atom. The van der Waals surface area contributed by atoms with E-state index < -0.39 is 40.7 Å². The van der Waals surface area contributed by atoms with Crippen molar-refractivity contribution in [3.63, 3.8) is 0 Å². The number of nitrogens with zero attached hydrogens (tertiary/aromatic N) is 2. The number of hydrogen-bond acceptors (Lipinski definition) is 2. The molecule has 1 aromatic heterocycles. The van der Waals surface area contributed by atoms with Gasteiger partial charge in [-0.25, -0.2) is 22.0 Å². The summed E-state index contributed by atoms with van der Waals surface area (Å²) in [5.74, 6) is -10.1. The molecule has 0 spiro atoms. The zero-order valence-electron chi connectivity index (χ0n) is 10.3. The molecule has 0 bridgehead atoms. The van der Waals surface area contributed by atoms with Crippen LogP contribution in [0.25, 0.3) is 0 Å². The fourth-order valence-corrected chi connectivity index (χ4v) is 1.77. The first-order chi connectivity index (χ1) is 9.38. The van der Waals surface area contributed by atoms with E-state index in [1.165, 1.54) is 17.1 Å². The summed E-state index contributed by atoms with van der Waals surface area (Å²) in [6.07, 6.45) is 2.59. The topological polar surface area (TPSA) is 43.8 Å². The molecule has 0 saturated carbocycles. The highest BCUT2D eigenvalue weighted by Crippen LogP contribution is 2.29. The molecule has 0 aliphatic carbocycles. The van der Waals surface area contributed by atoms with Crippen molar-refractivity contribution in [2.24, 2.45) is 5.73 Å². The van der Waals surface area contributed by atoms with Crippen LogP contribution < -0.4 is 5.73 Å². The maximum absolute atomic E-state index is 13.6. The molecule has 20 heavy (non-hydrogen) atoms. The van der Waals surface area contributed by atoms with Gasteiger partial charge in [-0.05, 0) is 6.92 Å². The fourth-order valence-electron chi connectivity index (χ4n) is 1.77. The normalized spacial score (nSPS) is 12.8. The Balaban J connectivity index is 2.57. The predicted molar refractivity (Wildman–Crippen MR) is 60.2 cm³/mol. The van der Waals surface area contributed by atoms with Crippen molar-refractivity contribution in [2.45, 2.75) is 19.5 Å². The van der Waals surface area contributed by atoms with Crippen LogP contribution in [-0.2, 0) is 6.54 Å². The summed E-state index contributed by atoms with van der Waals surface area (Å²) in [7, 11) is 0. The fraction of sp³-hybridized carbons (Fsp3) is 0.250. The molecule has 0 saturated heterocycles. The van der Waals surface area contributed by atoms with Gasteiger partial charge in [0, 0.05) is 18.3 Å². The number of aromatic nitrogens is 2. The number of hydrogen-bond donors (Lipinski definition) is 1. The van der Waals surface area contributed by atoms with Crippen molar-refractivity contribution >= 4 is 0 Å². The summed E-state index contributed by atoms with van der Waals surface area (Å²) >= 11 is 0. The van der Waals surface area contributed by atoms with E-state index in [9.17, 15) is 22.0 Å². The lowest BCUT2D eigenvalue weighted by Gasteiger charge is -2.13. The minimum Gasteiger partial charge on any atom is -0.320 e. The maximum Gasteiger partial charge on any atom is 0.200 e. The molecule has 1 atom stereocenters. The summed E-state index contributed by atoms with van der Waals surface area (Å²) < 4.78 is 67.8. The standard InChI is InChI=1S/C12H10F5N3/c1-2-20-4-5(3-19-20)12(18)6-7(13)9(15)11(17)10(16)8(6)14/h3-4,12H,2,18H2,1H3. The highest BCUT2D eigenvalue weighted by atomic mass is 19.2. The molecule has 8 heteroatoms. The van der Waals surface area contributed by atoms with Gasteiger partial charge in [0.05, 0.1) is 17.8 Å². The van der Waals surface area contributed by atoms with E-state index >= 15 is 0 Å². The summed E-state index contributed by atoms with van der Waals surface area (Å²) in [6.45, 7) is 2.24. The van der Waals surface area contributed by atoms with Crippen LogP contribution in [-0.4, -0.2) is 9.78 Å². The first-order valence-electron chi connectivity index (χ1n) is 5.67. The molecule has 1 heterocycles. The Bertz CT molecular complexity index is 624. The minimum atomic E-state index is -2.21. The van der Waals surface area contributed by atoms with Crippen molar-refractivity contribution < 1.29 is 22.0 Å². The van der Waals surface area contributed by atoms with E-state index in [2.05, 4.69) is 5.10 Å². The first-order valence-corrected chi connectivity index (χ1v) is 5.67. The Hall–Kier alpha value is -1.96. The smallest absolute Gasteiger partial charge is 0.200 e. The van der Waals surface area contributed by atoms with Crippen molar-refractivity contribution in [1.82, 2.24) is 9.78 Å². The molecular formula is C12H10F5N3. The van der Waals surface area contributed by atoms with Gasteiger partial charge < -0.3 is 5.73 Å². The van der Waals surface area contributed by atoms with Crippen molar-refractivity contribution in [2.75, 3.05) is 0 Å². The Morgan fingerprint density at radius 1 is 1.05 bits per heavy atom. The molecule has 2 aromatic rings. The van der Waals surface area contributed by atoms with E-state index in [-0.39, 0.29) is 5.56 Å². The van der Waals surface area contributed by atoms with Gasteiger partial charge in [-0.3, -0.25) is 4.68 Å². The highest BCUT2D eigenvalue weighted by molar-refractivity contribution is 5.33. The third kappa shape index (κ3) is 2.15. The lowest BCUT2D eigenvalue weighted by molar-refractivity contribution is 0.367. The van der Waals surface area contributed by atoms with Crippen LogP contribution >= 0.6 is 0 Å². The van der Waals surface area contributed by atoms with E-state index in [1.807, 2.05) is 0 Å². The molecule has 0 fully saturated rings. The SMILES string of the molecule is CCn1cc(C(N)c2c(F)c(F)c(F)c(F)c2F)cn1. The average molecular weight is 291 g/mol. The summed E-state index contributed by atoms with van der Waals surface area (Å²) in [5, 5.41) is 3.83. The van der Waals surface area contributed by atoms with E-state index in [0.29, 0.717) is 6.54 Å². The molecule has 2 N–H and O–H groups in total. The number of halogens is 5. The Kier molecular flexibility index (Phi) is 3.76. The largest absolute Gasteiger partial charge is 0.320 e. The van der Waals surface area contributed by atoms with E-state index in [4.69, 9.17) is 5.73 Å². The molecule has 0 aliphatic rings. The molecule has 2 rings (SSSR count).